The Morgan fingerprint density at radius 1 is 0.950 bits per heavy atom. The normalized spacial score (nSPS) is 18.8. The fraction of sp³-hybridized carbons (Fsp3) is 0.364. The van der Waals surface area contributed by atoms with Crippen LogP contribution in [0.25, 0.3) is 6.08 Å². The lowest BCUT2D eigenvalue weighted by Crippen LogP contribution is -2.29. The smallest absolute Gasteiger partial charge is 0.172 e. The standard InChI is InChI=1S/C33H36N4O3/c1-32(2)19-25(6-5-7-30-29(23-36)31(27(21-34)22-35)40-33(30,3)4)18-26(20-32)9-8-24-10-12-28(13-11-24)37(14-16-38)15-17-39/h5-13,18,38-39H,14-17,19-20H2,1-4H3/b7-5+,9-8+,25-6-. The lowest BCUT2D eigenvalue weighted by Gasteiger charge is -2.30. The molecule has 2 N–H and O–H groups in total. The van der Waals surface area contributed by atoms with E-state index in [0.29, 0.717) is 18.7 Å². The van der Waals surface area contributed by atoms with Gasteiger partial charge in [-0.05, 0) is 60.9 Å². The van der Waals surface area contributed by atoms with Crippen molar-refractivity contribution in [2.45, 2.75) is 46.1 Å². The number of aliphatic hydroxyl groups excluding tert-OH is 2. The van der Waals surface area contributed by atoms with E-state index in [4.69, 9.17) is 4.74 Å². The predicted octanol–water partition coefficient (Wildman–Crippen LogP) is 5.65. The summed E-state index contributed by atoms with van der Waals surface area (Å²) in [5.74, 6) is 0.0402. The van der Waals surface area contributed by atoms with Crippen LogP contribution in [0, 0.1) is 39.4 Å². The zero-order valence-corrected chi connectivity index (χ0v) is 23.6. The average Bonchev–Trinajstić information content (AvgIpc) is 3.16. The third-order valence-corrected chi connectivity index (χ3v) is 6.86. The van der Waals surface area contributed by atoms with E-state index in [1.807, 2.05) is 73.4 Å². The van der Waals surface area contributed by atoms with Crippen LogP contribution < -0.4 is 4.90 Å². The maximum Gasteiger partial charge on any atom is 0.172 e. The molecule has 1 heterocycles. The maximum atomic E-state index is 9.74. The van der Waals surface area contributed by atoms with E-state index < -0.39 is 5.60 Å². The van der Waals surface area contributed by atoms with Gasteiger partial charge in [-0.1, -0.05) is 62.4 Å². The van der Waals surface area contributed by atoms with Gasteiger partial charge in [0.2, 0.25) is 0 Å². The Balaban J connectivity index is 1.85. The molecule has 1 aliphatic carbocycles. The van der Waals surface area contributed by atoms with Gasteiger partial charge < -0.3 is 19.8 Å². The number of benzene rings is 1. The van der Waals surface area contributed by atoms with Crippen LogP contribution in [-0.2, 0) is 4.74 Å². The highest BCUT2D eigenvalue weighted by atomic mass is 16.5. The van der Waals surface area contributed by atoms with Crippen LogP contribution in [0.1, 0.15) is 46.1 Å². The predicted molar refractivity (Wildman–Crippen MR) is 156 cm³/mol. The molecule has 0 aromatic heterocycles. The summed E-state index contributed by atoms with van der Waals surface area (Å²) < 4.78 is 5.84. The molecule has 1 aliphatic heterocycles. The van der Waals surface area contributed by atoms with Gasteiger partial charge in [-0.3, -0.25) is 0 Å². The molecule has 40 heavy (non-hydrogen) atoms. The summed E-state index contributed by atoms with van der Waals surface area (Å²) in [6.45, 7) is 9.10. The molecule has 0 bridgehead atoms. The molecule has 1 aromatic rings. The molecule has 7 nitrogen and oxygen atoms in total. The number of anilines is 1. The molecule has 0 fully saturated rings. The Kier molecular flexibility index (Phi) is 9.92. The van der Waals surface area contributed by atoms with Crippen molar-refractivity contribution in [3.63, 3.8) is 0 Å². The summed E-state index contributed by atoms with van der Waals surface area (Å²) in [4.78, 5) is 1.95. The molecule has 0 saturated heterocycles. The van der Waals surface area contributed by atoms with Crippen molar-refractivity contribution in [2.24, 2.45) is 5.41 Å². The topological polar surface area (TPSA) is 124 Å². The Labute approximate surface area is 237 Å². The van der Waals surface area contributed by atoms with Crippen molar-refractivity contribution in [1.82, 2.24) is 0 Å². The van der Waals surface area contributed by atoms with Crippen molar-refractivity contribution >= 4 is 11.8 Å². The molecule has 0 radical (unpaired) electrons. The van der Waals surface area contributed by atoms with Crippen molar-refractivity contribution in [3.05, 3.63) is 93.8 Å². The molecule has 2 aliphatic rings. The second-order valence-corrected chi connectivity index (χ2v) is 11.1. The minimum absolute atomic E-state index is 0.0284. The van der Waals surface area contributed by atoms with Crippen molar-refractivity contribution in [1.29, 1.82) is 15.8 Å². The van der Waals surface area contributed by atoms with Crippen LogP contribution in [-0.4, -0.2) is 42.1 Å². The molecule has 206 valence electrons. The van der Waals surface area contributed by atoms with Gasteiger partial charge in [0.15, 0.2) is 11.3 Å². The first-order chi connectivity index (χ1) is 19.1. The number of rotatable bonds is 9. The van der Waals surface area contributed by atoms with Crippen LogP contribution >= 0.6 is 0 Å². The summed E-state index contributed by atoms with van der Waals surface area (Å²) in [7, 11) is 0. The van der Waals surface area contributed by atoms with Crippen molar-refractivity contribution in [3.8, 4) is 18.2 Å². The Morgan fingerprint density at radius 2 is 1.60 bits per heavy atom. The summed E-state index contributed by atoms with van der Waals surface area (Å²) in [6.07, 6.45) is 14.0. The minimum atomic E-state index is -0.841. The van der Waals surface area contributed by atoms with Crippen LogP contribution in [0.2, 0.25) is 0 Å². The molecule has 3 rings (SSSR count). The van der Waals surface area contributed by atoms with Crippen LogP contribution in [0.15, 0.2) is 88.3 Å². The van der Waals surface area contributed by atoms with Gasteiger partial charge in [0.25, 0.3) is 0 Å². The number of allylic oxidation sites excluding steroid dienone is 8. The third-order valence-electron chi connectivity index (χ3n) is 6.86. The molecule has 0 saturated carbocycles. The van der Waals surface area contributed by atoms with E-state index in [0.717, 1.165) is 29.7 Å². The van der Waals surface area contributed by atoms with Gasteiger partial charge in [0, 0.05) is 24.4 Å². The van der Waals surface area contributed by atoms with Gasteiger partial charge in [-0.2, -0.15) is 15.8 Å². The minimum Gasteiger partial charge on any atom is -0.480 e. The van der Waals surface area contributed by atoms with E-state index in [1.165, 1.54) is 5.57 Å². The van der Waals surface area contributed by atoms with E-state index in [-0.39, 0.29) is 35.5 Å². The van der Waals surface area contributed by atoms with E-state index in [1.54, 1.807) is 0 Å². The maximum absolute atomic E-state index is 9.74. The molecule has 0 amide bonds. The average molecular weight is 537 g/mol. The third kappa shape index (κ3) is 7.39. The summed E-state index contributed by atoms with van der Waals surface area (Å²) in [6, 6.07) is 13.8. The van der Waals surface area contributed by atoms with Gasteiger partial charge >= 0.3 is 0 Å². The SMILES string of the molecule is CC1(C)CC(/C=C/c2ccc(N(CCO)CCO)cc2)=CC(=C/C=C/C2=C(C#N)C(=C(C#N)C#N)OC2(C)C)/C1. The fourth-order valence-corrected chi connectivity index (χ4v) is 5.08. The van der Waals surface area contributed by atoms with E-state index in [9.17, 15) is 26.0 Å². The highest BCUT2D eigenvalue weighted by Gasteiger charge is 2.38. The Morgan fingerprint density at radius 3 is 2.17 bits per heavy atom. The van der Waals surface area contributed by atoms with Crippen LogP contribution in [0.3, 0.4) is 0 Å². The molecule has 0 unspecified atom stereocenters. The second kappa shape index (κ2) is 13.1. The van der Waals surface area contributed by atoms with E-state index in [2.05, 4.69) is 38.1 Å². The molecular weight excluding hydrogens is 500 g/mol. The molecule has 7 heteroatoms. The highest BCUT2D eigenvalue weighted by Crippen LogP contribution is 2.41. The number of nitriles is 3. The number of nitrogens with zero attached hydrogens (tertiary/aromatic N) is 4. The molecular formula is C33H36N4O3. The summed E-state index contributed by atoms with van der Waals surface area (Å²) >= 11 is 0. The monoisotopic (exact) mass is 536 g/mol. The molecule has 0 atom stereocenters. The Bertz CT molecular complexity index is 1390. The number of hydrogen-bond acceptors (Lipinski definition) is 7. The quantitative estimate of drug-likeness (QED) is 0.391. The highest BCUT2D eigenvalue weighted by molar-refractivity contribution is 5.61. The molecule has 1 aromatic carbocycles. The largest absolute Gasteiger partial charge is 0.480 e. The number of hydrogen-bond donors (Lipinski definition) is 2. The lowest BCUT2D eigenvalue weighted by molar-refractivity contribution is 0.0954. The van der Waals surface area contributed by atoms with E-state index >= 15 is 0 Å². The first-order valence-corrected chi connectivity index (χ1v) is 13.3. The van der Waals surface area contributed by atoms with Gasteiger partial charge in [-0.15, -0.1) is 0 Å². The van der Waals surface area contributed by atoms with Crippen molar-refractivity contribution < 1.29 is 14.9 Å². The van der Waals surface area contributed by atoms with Gasteiger partial charge in [0.1, 0.15) is 29.4 Å². The summed E-state index contributed by atoms with van der Waals surface area (Å²) in [5, 5.41) is 46.8. The second-order valence-electron chi connectivity index (χ2n) is 11.1. The van der Waals surface area contributed by atoms with Crippen LogP contribution in [0.5, 0.6) is 0 Å². The lowest BCUT2D eigenvalue weighted by atomic mass is 9.75. The summed E-state index contributed by atoms with van der Waals surface area (Å²) in [5.41, 5.74) is 4.25. The first kappa shape index (κ1) is 30.2. The number of aliphatic hydroxyl groups is 2. The Hall–Kier alpha value is -4.35. The van der Waals surface area contributed by atoms with Gasteiger partial charge in [-0.25, -0.2) is 0 Å². The van der Waals surface area contributed by atoms with Crippen LogP contribution in [0.4, 0.5) is 5.69 Å². The van der Waals surface area contributed by atoms with Gasteiger partial charge in [0.05, 0.1) is 13.2 Å². The zero-order chi connectivity index (χ0) is 29.3. The zero-order valence-electron chi connectivity index (χ0n) is 23.6. The first-order valence-electron chi connectivity index (χ1n) is 13.3. The van der Waals surface area contributed by atoms with Crippen molar-refractivity contribution in [2.75, 3.05) is 31.2 Å². The number of ether oxygens (including phenoxy) is 1. The fourth-order valence-electron chi connectivity index (χ4n) is 5.08. The molecule has 0 spiro atoms.